The lowest BCUT2D eigenvalue weighted by atomic mass is 9.69. The maximum absolute atomic E-state index is 13.5. The van der Waals surface area contributed by atoms with E-state index in [4.69, 9.17) is 14.2 Å². The summed E-state index contributed by atoms with van der Waals surface area (Å²) in [6.07, 6.45) is 1.25. The second kappa shape index (κ2) is 8.34. The number of benzene rings is 2. The average Bonchev–Trinajstić information content (AvgIpc) is 2.76. The largest absolute Gasteiger partial charge is 0.493 e. The highest BCUT2D eigenvalue weighted by Crippen LogP contribution is 2.52. The molecule has 1 aliphatic heterocycles. The standard InChI is InChI=1S/C26H29NO5/c1-26(2)14-19-23(20(28)15-26)18(13-22(29)27(19)16-9-7-6-8-10-16)17-11-12-21(30-3)25(32-5)24(17)31-4/h6-12,18H,13-15H2,1-5H3. The number of hydrogen-bond acceptors (Lipinski definition) is 5. The van der Waals surface area contributed by atoms with Gasteiger partial charge in [0.15, 0.2) is 17.3 Å². The van der Waals surface area contributed by atoms with E-state index in [9.17, 15) is 9.59 Å². The number of para-hydroxylation sites is 1. The van der Waals surface area contributed by atoms with Crippen LogP contribution in [0.2, 0.25) is 0 Å². The van der Waals surface area contributed by atoms with Crippen LogP contribution in [0.15, 0.2) is 53.7 Å². The molecule has 4 rings (SSSR count). The molecular weight excluding hydrogens is 406 g/mol. The number of allylic oxidation sites excluding steroid dienone is 2. The zero-order valence-corrected chi connectivity index (χ0v) is 19.2. The second-order valence-corrected chi connectivity index (χ2v) is 9.05. The topological polar surface area (TPSA) is 65.1 Å². The molecule has 0 bridgehead atoms. The number of nitrogens with zero attached hydrogens (tertiary/aromatic N) is 1. The number of amides is 1. The van der Waals surface area contributed by atoms with Crippen molar-refractivity contribution in [3.63, 3.8) is 0 Å². The van der Waals surface area contributed by atoms with Crippen LogP contribution in [0.1, 0.15) is 44.6 Å². The Morgan fingerprint density at radius 3 is 2.19 bits per heavy atom. The Bertz CT molecular complexity index is 1090. The molecule has 6 nitrogen and oxygen atoms in total. The molecular formula is C26H29NO5. The summed E-state index contributed by atoms with van der Waals surface area (Å²) in [7, 11) is 4.67. The van der Waals surface area contributed by atoms with Gasteiger partial charge in [0.1, 0.15) is 0 Å². The zero-order chi connectivity index (χ0) is 23.0. The summed E-state index contributed by atoms with van der Waals surface area (Å²) < 4.78 is 16.7. The van der Waals surface area contributed by atoms with Gasteiger partial charge in [0.2, 0.25) is 11.7 Å². The molecule has 0 spiro atoms. The number of anilines is 1. The Labute approximate surface area is 188 Å². The number of carbonyl (C=O) groups excluding carboxylic acids is 2. The second-order valence-electron chi connectivity index (χ2n) is 9.05. The number of hydrogen-bond donors (Lipinski definition) is 0. The van der Waals surface area contributed by atoms with Crippen molar-refractivity contribution in [2.75, 3.05) is 26.2 Å². The summed E-state index contributed by atoms with van der Waals surface area (Å²) >= 11 is 0. The van der Waals surface area contributed by atoms with Gasteiger partial charge in [-0.1, -0.05) is 38.1 Å². The first-order chi connectivity index (χ1) is 15.3. The molecule has 2 aromatic rings. The van der Waals surface area contributed by atoms with E-state index in [1.54, 1.807) is 32.3 Å². The van der Waals surface area contributed by atoms with Gasteiger partial charge in [0, 0.05) is 41.3 Å². The van der Waals surface area contributed by atoms with E-state index in [1.165, 1.54) is 0 Å². The SMILES string of the molecule is COc1ccc(C2CC(=O)N(c3ccccc3)C3=C2C(=O)CC(C)(C)C3)c(OC)c1OC. The molecule has 0 aromatic heterocycles. The fourth-order valence-electron chi connectivity index (χ4n) is 4.96. The minimum atomic E-state index is -0.407. The molecule has 0 fully saturated rings. The molecule has 2 aliphatic rings. The van der Waals surface area contributed by atoms with E-state index in [1.807, 2.05) is 36.4 Å². The molecule has 1 amide bonds. The lowest BCUT2D eigenvalue weighted by Gasteiger charge is -2.43. The van der Waals surface area contributed by atoms with Crippen LogP contribution < -0.4 is 19.1 Å². The summed E-state index contributed by atoms with van der Waals surface area (Å²) in [6.45, 7) is 4.14. The van der Waals surface area contributed by atoms with E-state index in [0.717, 1.165) is 16.9 Å². The molecule has 0 saturated heterocycles. The van der Waals surface area contributed by atoms with Crippen LogP contribution in [0.5, 0.6) is 17.2 Å². The molecule has 0 radical (unpaired) electrons. The number of methoxy groups -OCH3 is 3. The van der Waals surface area contributed by atoms with Crippen LogP contribution in [-0.4, -0.2) is 33.0 Å². The van der Waals surface area contributed by atoms with Gasteiger partial charge in [-0.3, -0.25) is 14.5 Å². The van der Waals surface area contributed by atoms with Crippen molar-refractivity contribution >= 4 is 17.4 Å². The minimum Gasteiger partial charge on any atom is -0.493 e. The predicted octanol–water partition coefficient (Wildman–Crippen LogP) is 4.88. The molecule has 6 heteroatoms. The average molecular weight is 436 g/mol. The van der Waals surface area contributed by atoms with Crippen LogP contribution in [-0.2, 0) is 9.59 Å². The summed E-state index contributed by atoms with van der Waals surface area (Å²) in [6, 6.07) is 13.2. The van der Waals surface area contributed by atoms with E-state index in [-0.39, 0.29) is 23.5 Å². The molecule has 0 saturated carbocycles. The van der Waals surface area contributed by atoms with Gasteiger partial charge < -0.3 is 14.2 Å². The predicted molar refractivity (Wildman–Crippen MR) is 122 cm³/mol. The fourth-order valence-corrected chi connectivity index (χ4v) is 4.96. The van der Waals surface area contributed by atoms with Crippen molar-refractivity contribution in [3.05, 3.63) is 59.3 Å². The molecule has 0 N–H and O–H groups in total. The van der Waals surface area contributed by atoms with E-state index < -0.39 is 5.92 Å². The van der Waals surface area contributed by atoms with Gasteiger partial charge in [-0.2, -0.15) is 0 Å². The Morgan fingerprint density at radius 1 is 0.875 bits per heavy atom. The summed E-state index contributed by atoms with van der Waals surface area (Å²) in [5, 5.41) is 0. The number of rotatable bonds is 5. The third-order valence-corrected chi connectivity index (χ3v) is 6.27. The monoisotopic (exact) mass is 435 g/mol. The normalized spacial score (nSPS) is 20.2. The molecule has 168 valence electrons. The smallest absolute Gasteiger partial charge is 0.232 e. The molecule has 1 unspecified atom stereocenters. The van der Waals surface area contributed by atoms with Crippen molar-refractivity contribution in [3.8, 4) is 17.2 Å². The van der Waals surface area contributed by atoms with E-state index >= 15 is 0 Å². The highest BCUT2D eigenvalue weighted by atomic mass is 16.5. The number of Topliss-reactive ketones (excluding diaryl/α,β-unsaturated/α-hetero) is 1. The molecule has 1 atom stereocenters. The first kappa shape index (κ1) is 21.9. The lowest BCUT2D eigenvalue weighted by Crippen LogP contribution is -2.43. The van der Waals surface area contributed by atoms with Gasteiger partial charge in [0.05, 0.1) is 21.3 Å². The highest BCUT2D eigenvalue weighted by Gasteiger charge is 2.45. The molecule has 2 aromatic carbocycles. The van der Waals surface area contributed by atoms with Crippen molar-refractivity contribution in [2.45, 2.75) is 39.0 Å². The van der Waals surface area contributed by atoms with Crippen molar-refractivity contribution in [2.24, 2.45) is 5.41 Å². The van der Waals surface area contributed by atoms with Crippen molar-refractivity contribution in [1.82, 2.24) is 0 Å². The maximum atomic E-state index is 13.5. The van der Waals surface area contributed by atoms with Crippen LogP contribution in [0.3, 0.4) is 0 Å². The third kappa shape index (κ3) is 3.64. The Kier molecular flexibility index (Phi) is 5.71. The van der Waals surface area contributed by atoms with E-state index in [0.29, 0.717) is 35.7 Å². The van der Waals surface area contributed by atoms with Crippen LogP contribution in [0.4, 0.5) is 5.69 Å². The summed E-state index contributed by atoms with van der Waals surface area (Å²) in [5.74, 6) is 1.11. The zero-order valence-electron chi connectivity index (χ0n) is 19.2. The van der Waals surface area contributed by atoms with Gasteiger partial charge in [-0.25, -0.2) is 0 Å². The first-order valence-electron chi connectivity index (χ1n) is 10.7. The summed E-state index contributed by atoms with van der Waals surface area (Å²) in [5.41, 5.74) is 2.79. The van der Waals surface area contributed by atoms with Crippen LogP contribution >= 0.6 is 0 Å². The van der Waals surface area contributed by atoms with Gasteiger partial charge in [0.25, 0.3) is 0 Å². The van der Waals surface area contributed by atoms with Crippen molar-refractivity contribution < 1.29 is 23.8 Å². The van der Waals surface area contributed by atoms with Crippen molar-refractivity contribution in [1.29, 1.82) is 0 Å². The van der Waals surface area contributed by atoms with Crippen LogP contribution in [0.25, 0.3) is 0 Å². The number of ketones is 1. The Balaban J connectivity index is 1.94. The highest BCUT2D eigenvalue weighted by molar-refractivity contribution is 6.08. The maximum Gasteiger partial charge on any atom is 0.232 e. The third-order valence-electron chi connectivity index (χ3n) is 6.27. The van der Waals surface area contributed by atoms with Gasteiger partial charge in [-0.05, 0) is 30.0 Å². The minimum absolute atomic E-state index is 0.0395. The summed E-state index contributed by atoms with van der Waals surface area (Å²) in [4.78, 5) is 28.7. The number of carbonyl (C=O) groups is 2. The molecule has 1 aliphatic carbocycles. The van der Waals surface area contributed by atoms with E-state index in [2.05, 4.69) is 13.8 Å². The van der Waals surface area contributed by atoms with Gasteiger partial charge in [-0.15, -0.1) is 0 Å². The van der Waals surface area contributed by atoms with Gasteiger partial charge >= 0.3 is 0 Å². The Hall–Kier alpha value is -3.28. The first-order valence-corrected chi connectivity index (χ1v) is 10.7. The molecule has 1 heterocycles. The quantitative estimate of drug-likeness (QED) is 0.670. The Morgan fingerprint density at radius 2 is 1.56 bits per heavy atom. The molecule has 32 heavy (non-hydrogen) atoms. The lowest BCUT2D eigenvalue weighted by molar-refractivity contribution is -0.121. The fraction of sp³-hybridized carbons (Fsp3) is 0.385. The number of ether oxygens (including phenoxy) is 3. The van der Waals surface area contributed by atoms with Crippen LogP contribution in [0, 0.1) is 5.41 Å².